The predicted octanol–water partition coefficient (Wildman–Crippen LogP) is 2.75. The molecule has 1 atom stereocenters. The highest BCUT2D eigenvalue weighted by Gasteiger charge is 2.24. The minimum atomic E-state index is -0.147. The van der Waals surface area contributed by atoms with Crippen LogP contribution in [0.5, 0.6) is 0 Å². The highest BCUT2D eigenvalue weighted by atomic mass is 16.2. The van der Waals surface area contributed by atoms with Gasteiger partial charge in [0.05, 0.1) is 0 Å². The van der Waals surface area contributed by atoms with Crippen molar-refractivity contribution in [2.24, 2.45) is 11.8 Å². The third-order valence-corrected chi connectivity index (χ3v) is 2.06. The zero-order valence-electron chi connectivity index (χ0n) is 10.1. The molecule has 1 unspecified atom stereocenters. The molecule has 0 aromatic carbocycles. The maximum Gasteiger partial charge on any atom is 0.224 e. The van der Waals surface area contributed by atoms with E-state index >= 15 is 0 Å². The van der Waals surface area contributed by atoms with Gasteiger partial charge in [0.25, 0.3) is 0 Å². The van der Waals surface area contributed by atoms with Gasteiger partial charge >= 0.3 is 0 Å². The SMILES string of the molecule is C=CCC(C(=O)NC(C)(C)C)C(C)C. The van der Waals surface area contributed by atoms with E-state index in [1.807, 2.05) is 26.8 Å². The molecule has 0 aromatic heterocycles. The third kappa shape index (κ3) is 5.05. The first-order valence-corrected chi connectivity index (χ1v) is 5.21. The van der Waals surface area contributed by atoms with E-state index in [2.05, 4.69) is 25.7 Å². The van der Waals surface area contributed by atoms with Crippen LogP contribution in [0.2, 0.25) is 0 Å². The third-order valence-electron chi connectivity index (χ3n) is 2.06. The Morgan fingerprint density at radius 1 is 1.43 bits per heavy atom. The fourth-order valence-corrected chi connectivity index (χ4v) is 1.32. The number of nitrogens with one attached hydrogen (secondary N) is 1. The second-order valence-electron chi connectivity index (χ2n) is 5.11. The number of carbonyl (C=O) groups excluding carboxylic acids is 1. The summed E-state index contributed by atoms with van der Waals surface area (Å²) >= 11 is 0. The molecular weight excluding hydrogens is 174 g/mol. The van der Waals surface area contributed by atoms with Crippen molar-refractivity contribution in [2.75, 3.05) is 0 Å². The molecule has 0 saturated carbocycles. The molecule has 0 aliphatic carbocycles. The van der Waals surface area contributed by atoms with Gasteiger partial charge in [0, 0.05) is 11.5 Å². The summed E-state index contributed by atoms with van der Waals surface area (Å²) in [5, 5.41) is 3.00. The largest absolute Gasteiger partial charge is 0.351 e. The van der Waals surface area contributed by atoms with Crippen molar-refractivity contribution in [3.63, 3.8) is 0 Å². The Labute approximate surface area is 87.8 Å². The van der Waals surface area contributed by atoms with Crippen LogP contribution in [-0.2, 0) is 4.79 Å². The smallest absolute Gasteiger partial charge is 0.224 e. The summed E-state index contributed by atoms with van der Waals surface area (Å²) < 4.78 is 0. The van der Waals surface area contributed by atoms with Gasteiger partial charge in [-0.05, 0) is 33.1 Å². The summed E-state index contributed by atoms with van der Waals surface area (Å²) in [7, 11) is 0. The number of rotatable bonds is 4. The lowest BCUT2D eigenvalue weighted by atomic mass is 9.91. The van der Waals surface area contributed by atoms with E-state index < -0.39 is 0 Å². The molecule has 14 heavy (non-hydrogen) atoms. The van der Waals surface area contributed by atoms with Gasteiger partial charge in [-0.25, -0.2) is 0 Å². The van der Waals surface area contributed by atoms with E-state index in [0.29, 0.717) is 5.92 Å². The number of hydrogen-bond acceptors (Lipinski definition) is 1. The maximum absolute atomic E-state index is 11.8. The van der Waals surface area contributed by atoms with Crippen LogP contribution in [0, 0.1) is 11.8 Å². The first-order valence-electron chi connectivity index (χ1n) is 5.21. The Hall–Kier alpha value is -0.790. The molecule has 82 valence electrons. The predicted molar refractivity (Wildman–Crippen MR) is 61.0 cm³/mol. The second-order valence-corrected chi connectivity index (χ2v) is 5.11. The van der Waals surface area contributed by atoms with Crippen molar-refractivity contribution in [1.82, 2.24) is 5.32 Å². The minimum absolute atomic E-state index is 0.0479. The van der Waals surface area contributed by atoms with Gasteiger partial charge in [-0.15, -0.1) is 6.58 Å². The van der Waals surface area contributed by atoms with Crippen molar-refractivity contribution in [3.05, 3.63) is 12.7 Å². The fourth-order valence-electron chi connectivity index (χ4n) is 1.32. The van der Waals surface area contributed by atoms with E-state index in [0.717, 1.165) is 6.42 Å². The van der Waals surface area contributed by atoms with Gasteiger partial charge in [-0.3, -0.25) is 4.79 Å². The Morgan fingerprint density at radius 3 is 2.21 bits per heavy atom. The van der Waals surface area contributed by atoms with E-state index in [-0.39, 0.29) is 17.4 Å². The van der Waals surface area contributed by atoms with Crippen molar-refractivity contribution >= 4 is 5.91 Å². The molecule has 1 N–H and O–H groups in total. The quantitative estimate of drug-likeness (QED) is 0.690. The molecule has 0 spiro atoms. The molecular formula is C12H23NO. The first-order chi connectivity index (χ1) is 6.28. The van der Waals surface area contributed by atoms with E-state index in [1.54, 1.807) is 0 Å². The summed E-state index contributed by atoms with van der Waals surface area (Å²) in [6, 6.07) is 0. The van der Waals surface area contributed by atoms with Crippen LogP contribution in [0.3, 0.4) is 0 Å². The van der Waals surface area contributed by atoms with Crippen LogP contribution in [0.15, 0.2) is 12.7 Å². The minimum Gasteiger partial charge on any atom is -0.351 e. The lowest BCUT2D eigenvalue weighted by Crippen LogP contribution is -2.44. The summed E-state index contributed by atoms with van der Waals surface area (Å²) in [4.78, 5) is 11.8. The van der Waals surface area contributed by atoms with Crippen molar-refractivity contribution in [1.29, 1.82) is 0 Å². The van der Waals surface area contributed by atoms with Gasteiger partial charge < -0.3 is 5.32 Å². The molecule has 0 radical (unpaired) electrons. The molecule has 2 nitrogen and oxygen atoms in total. The fraction of sp³-hybridized carbons (Fsp3) is 0.750. The topological polar surface area (TPSA) is 29.1 Å². The highest BCUT2D eigenvalue weighted by molar-refractivity contribution is 5.79. The Kier molecular flexibility index (Phi) is 4.89. The molecule has 0 aliphatic heterocycles. The average Bonchev–Trinajstić information content (AvgIpc) is 1.95. The molecule has 0 fully saturated rings. The summed E-state index contributed by atoms with van der Waals surface area (Å²) in [5.41, 5.74) is -0.147. The van der Waals surface area contributed by atoms with Crippen LogP contribution in [0.25, 0.3) is 0 Å². The molecule has 2 heteroatoms. The lowest BCUT2D eigenvalue weighted by molar-refractivity contribution is -0.127. The molecule has 0 heterocycles. The van der Waals surface area contributed by atoms with Gasteiger partial charge in [0.1, 0.15) is 0 Å². The molecule has 1 amide bonds. The normalized spacial score (nSPS) is 13.9. The van der Waals surface area contributed by atoms with E-state index in [1.165, 1.54) is 0 Å². The highest BCUT2D eigenvalue weighted by Crippen LogP contribution is 2.17. The summed E-state index contributed by atoms with van der Waals surface area (Å²) in [5.74, 6) is 0.537. The average molecular weight is 197 g/mol. The van der Waals surface area contributed by atoms with Gasteiger partial charge in [-0.1, -0.05) is 19.9 Å². The standard InChI is InChI=1S/C12H23NO/c1-7-8-10(9(2)3)11(14)13-12(4,5)6/h7,9-10H,1,8H2,2-6H3,(H,13,14). The molecule has 0 saturated heterocycles. The van der Waals surface area contributed by atoms with Crippen LogP contribution < -0.4 is 5.32 Å². The molecule has 0 aromatic rings. The van der Waals surface area contributed by atoms with Crippen molar-refractivity contribution < 1.29 is 4.79 Å². The monoisotopic (exact) mass is 197 g/mol. The molecule has 0 bridgehead atoms. The Morgan fingerprint density at radius 2 is 1.93 bits per heavy atom. The van der Waals surface area contributed by atoms with E-state index in [9.17, 15) is 4.79 Å². The Balaban J connectivity index is 4.37. The lowest BCUT2D eigenvalue weighted by Gasteiger charge is -2.26. The van der Waals surface area contributed by atoms with Crippen LogP contribution in [0.4, 0.5) is 0 Å². The number of carbonyl (C=O) groups is 1. The number of hydrogen-bond donors (Lipinski definition) is 1. The summed E-state index contributed by atoms with van der Waals surface area (Å²) in [6.07, 6.45) is 2.56. The Bertz CT molecular complexity index is 201. The van der Waals surface area contributed by atoms with Crippen molar-refractivity contribution in [3.8, 4) is 0 Å². The summed E-state index contributed by atoms with van der Waals surface area (Å²) in [6.45, 7) is 13.8. The van der Waals surface area contributed by atoms with Gasteiger partial charge in [-0.2, -0.15) is 0 Å². The molecule has 0 aliphatic rings. The maximum atomic E-state index is 11.8. The second kappa shape index (κ2) is 5.18. The van der Waals surface area contributed by atoms with Gasteiger partial charge in [0.15, 0.2) is 0 Å². The van der Waals surface area contributed by atoms with E-state index in [4.69, 9.17) is 0 Å². The zero-order chi connectivity index (χ0) is 11.4. The van der Waals surface area contributed by atoms with Crippen LogP contribution >= 0.6 is 0 Å². The van der Waals surface area contributed by atoms with Gasteiger partial charge in [0.2, 0.25) is 5.91 Å². The zero-order valence-corrected chi connectivity index (χ0v) is 10.1. The molecule has 0 rings (SSSR count). The number of amides is 1. The first kappa shape index (κ1) is 13.2. The van der Waals surface area contributed by atoms with Crippen molar-refractivity contribution in [2.45, 2.75) is 46.6 Å². The van der Waals surface area contributed by atoms with Crippen LogP contribution in [0.1, 0.15) is 41.0 Å². The number of allylic oxidation sites excluding steroid dienone is 1. The van der Waals surface area contributed by atoms with Crippen LogP contribution in [-0.4, -0.2) is 11.4 Å².